The Kier molecular flexibility index (Phi) is 10.8. The molecule has 4 atom stereocenters. The van der Waals surface area contributed by atoms with E-state index in [4.69, 9.17) is 30.1 Å². The summed E-state index contributed by atoms with van der Waals surface area (Å²) in [4.78, 5) is 41.8. The molecule has 45 heavy (non-hydrogen) atoms. The van der Waals surface area contributed by atoms with Crippen LogP contribution in [-0.2, 0) is 30.0 Å². The van der Waals surface area contributed by atoms with Crippen molar-refractivity contribution in [3.8, 4) is 5.75 Å². The molecular formula is C30H32BrClN3O9P. The number of carbonyl (C=O) groups is 1. The third-order valence-electron chi connectivity index (χ3n) is 7.61. The average molecular weight is 725 g/mol. The largest absolute Gasteiger partial charge is 0.459 e. The fourth-order valence-electron chi connectivity index (χ4n) is 5.29. The highest BCUT2D eigenvalue weighted by molar-refractivity contribution is 9.11. The monoisotopic (exact) mass is 723 g/mol. The van der Waals surface area contributed by atoms with Gasteiger partial charge < -0.3 is 19.1 Å². The second-order valence-corrected chi connectivity index (χ2v) is 13.4. The van der Waals surface area contributed by atoms with Gasteiger partial charge in [0, 0.05) is 17.6 Å². The van der Waals surface area contributed by atoms with Gasteiger partial charge in [-0.1, -0.05) is 70.7 Å². The van der Waals surface area contributed by atoms with E-state index >= 15 is 0 Å². The molecule has 1 saturated heterocycles. The minimum atomic E-state index is -4.34. The van der Waals surface area contributed by atoms with Gasteiger partial charge in [0.1, 0.15) is 30.2 Å². The van der Waals surface area contributed by atoms with Gasteiger partial charge in [0.15, 0.2) is 0 Å². The van der Waals surface area contributed by atoms with Crippen LogP contribution in [0.3, 0.4) is 0 Å². The van der Waals surface area contributed by atoms with Gasteiger partial charge in [0.25, 0.3) is 5.56 Å². The van der Waals surface area contributed by atoms with E-state index in [0.717, 1.165) is 10.1 Å². The van der Waals surface area contributed by atoms with Crippen LogP contribution in [0.1, 0.15) is 49.5 Å². The van der Waals surface area contributed by atoms with Crippen LogP contribution < -0.4 is 20.9 Å². The van der Waals surface area contributed by atoms with Crippen LogP contribution in [0.15, 0.2) is 75.4 Å². The number of nitrogens with one attached hydrogen (secondary N) is 2. The van der Waals surface area contributed by atoms with E-state index in [1.165, 1.54) is 29.4 Å². The first-order chi connectivity index (χ1) is 21.6. The number of ether oxygens (including phenoxy) is 2. The second-order valence-electron chi connectivity index (χ2n) is 10.8. The van der Waals surface area contributed by atoms with Crippen LogP contribution in [0.25, 0.3) is 6.08 Å². The summed E-state index contributed by atoms with van der Waals surface area (Å²) in [6.07, 6.45) is 1.71. The summed E-state index contributed by atoms with van der Waals surface area (Å²) in [6.45, 7) is -0.385. The van der Waals surface area contributed by atoms with Crippen molar-refractivity contribution in [2.75, 3.05) is 6.61 Å². The molecule has 2 aromatic carbocycles. The number of nitrogens with zero attached hydrogens (tertiary/aromatic N) is 1. The predicted octanol–water partition coefficient (Wildman–Crippen LogP) is 5.05. The fourth-order valence-corrected chi connectivity index (χ4v) is 7.44. The van der Waals surface area contributed by atoms with Crippen LogP contribution in [-0.4, -0.2) is 45.0 Å². The molecule has 2 aliphatic rings. The first kappa shape index (κ1) is 33.3. The first-order valence-electron chi connectivity index (χ1n) is 14.3. The molecule has 1 saturated carbocycles. The quantitative estimate of drug-likeness (QED) is 0.171. The van der Waals surface area contributed by atoms with Gasteiger partial charge in [0.2, 0.25) is 0 Å². The number of halogens is 2. The second kappa shape index (κ2) is 14.6. The van der Waals surface area contributed by atoms with Gasteiger partial charge >= 0.3 is 19.4 Å². The number of aromatic nitrogens is 2. The molecule has 3 N–H and O–H groups in total. The van der Waals surface area contributed by atoms with Gasteiger partial charge in [-0.25, -0.2) is 9.36 Å². The fraction of sp³-hybridized carbons (Fsp3) is 0.367. The number of hydrogen-bond acceptors (Lipinski definition) is 9. The minimum absolute atomic E-state index is 0.0109. The number of aliphatic hydroxyl groups excluding tert-OH is 1. The van der Waals surface area contributed by atoms with Crippen LogP contribution >= 0.6 is 35.3 Å². The lowest BCUT2D eigenvalue weighted by molar-refractivity contribution is -0.152. The maximum Gasteiger partial charge on any atom is 0.459 e. The molecule has 1 aliphatic carbocycles. The molecule has 0 amide bonds. The Hall–Kier alpha value is -3.03. The molecule has 0 radical (unpaired) electrons. The lowest BCUT2D eigenvalue weighted by Gasteiger charge is -2.32. The Morgan fingerprint density at radius 3 is 2.58 bits per heavy atom. The number of hydrogen-bond donors (Lipinski definition) is 3. The molecule has 1 aliphatic heterocycles. The van der Waals surface area contributed by atoms with Crippen molar-refractivity contribution in [3.63, 3.8) is 0 Å². The molecular weight excluding hydrogens is 693 g/mol. The highest BCUT2D eigenvalue weighted by Gasteiger charge is 2.50. The van der Waals surface area contributed by atoms with Gasteiger partial charge in [-0.3, -0.25) is 23.7 Å². The predicted molar refractivity (Wildman–Crippen MR) is 170 cm³/mol. The van der Waals surface area contributed by atoms with Crippen LogP contribution in [0.4, 0.5) is 0 Å². The van der Waals surface area contributed by atoms with Crippen molar-refractivity contribution in [3.05, 3.63) is 103 Å². The Morgan fingerprint density at radius 1 is 1.18 bits per heavy atom. The number of rotatable bonds is 12. The minimum Gasteiger partial charge on any atom is -0.459 e. The summed E-state index contributed by atoms with van der Waals surface area (Å²) in [5.41, 5.74) is -1.66. The molecule has 12 nitrogen and oxygen atoms in total. The Morgan fingerprint density at radius 2 is 1.89 bits per heavy atom. The summed E-state index contributed by atoms with van der Waals surface area (Å²) < 4.78 is 38.8. The summed E-state index contributed by atoms with van der Waals surface area (Å²) in [7, 11) is -4.34. The van der Waals surface area contributed by atoms with Crippen molar-refractivity contribution in [1.29, 1.82) is 0 Å². The lowest BCUT2D eigenvalue weighted by atomic mass is 10.00. The molecule has 3 aromatic rings. The van der Waals surface area contributed by atoms with Crippen molar-refractivity contribution >= 4 is 47.3 Å². The lowest BCUT2D eigenvalue weighted by Crippen LogP contribution is -2.50. The standard InChI is InChI=1S/C30H32BrClN3O9P/c31-15-12-21-17-35(29(39)33-27(21)37)26-16-24(36)25(43-26)19-42-45(40,44-23-10-8-22(32)9-11-23)34-30(13-4-5-14-30)28(38)41-18-20-6-2-1-3-7-20/h1-3,6-12,15,17,24-26,36H,4-5,13-14,16,18-19H2,(H,34,40)(H,33,37,39)/b15-12+/t24-,25+,26+,45?/m0/s1. The maximum absolute atomic E-state index is 14.4. The molecule has 0 spiro atoms. The highest BCUT2D eigenvalue weighted by atomic mass is 79.9. The van der Waals surface area contributed by atoms with E-state index in [-0.39, 0.29) is 24.3 Å². The van der Waals surface area contributed by atoms with E-state index in [9.17, 15) is 24.1 Å². The maximum atomic E-state index is 14.4. The van der Waals surface area contributed by atoms with Crippen LogP contribution in [0.2, 0.25) is 5.02 Å². The number of H-pyrrole nitrogens is 1. The van der Waals surface area contributed by atoms with Crippen molar-refractivity contribution in [2.24, 2.45) is 0 Å². The van der Waals surface area contributed by atoms with Crippen molar-refractivity contribution < 1.29 is 33.0 Å². The Labute approximate surface area is 272 Å². The van der Waals surface area contributed by atoms with Crippen LogP contribution in [0.5, 0.6) is 5.75 Å². The van der Waals surface area contributed by atoms with Gasteiger partial charge in [0.05, 0.1) is 18.3 Å². The number of carbonyl (C=O) groups excluding carboxylic acids is 1. The number of esters is 1. The first-order valence-corrected chi connectivity index (χ1v) is 17.1. The third-order valence-corrected chi connectivity index (χ3v) is 9.77. The molecule has 0 bridgehead atoms. The molecule has 15 heteroatoms. The third kappa shape index (κ3) is 8.23. The zero-order chi connectivity index (χ0) is 32.0. The zero-order valence-electron chi connectivity index (χ0n) is 24.0. The van der Waals surface area contributed by atoms with Crippen molar-refractivity contribution in [2.45, 2.75) is 62.7 Å². The molecule has 2 heterocycles. The summed E-state index contributed by atoms with van der Waals surface area (Å²) in [5, 5.41) is 14.1. The van der Waals surface area contributed by atoms with Gasteiger partial charge in [-0.2, -0.15) is 5.09 Å². The Balaban J connectivity index is 1.35. The molecule has 2 fully saturated rings. The summed E-state index contributed by atoms with van der Waals surface area (Å²) in [5.74, 6) is -0.422. The highest BCUT2D eigenvalue weighted by Crippen LogP contribution is 2.50. The number of aliphatic hydroxyl groups is 1. The van der Waals surface area contributed by atoms with E-state index in [1.807, 2.05) is 30.3 Å². The SMILES string of the molecule is O=C(OCc1ccccc1)C1(NP(=O)(OC[C@H]2O[C@@H](n3cc(/C=C/Br)c(=O)[nH]c3=O)C[C@@H]2O)Oc2ccc(Cl)cc2)CCCC1. The van der Waals surface area contributed by atoms with E-state index < -0.39 is 55.5 Å². The van der Waals surface area contributed by atoms with E-state index in [1.54, 1.807) is 12.1 Å². The van der Waals surface area contributed by atoms with Crippen LogP contribution in [0, 0.1) is 0 Å². The van der Waals surface area contributed by atoms with Crippen molar-refractivity contribution in [1.82, 2.24) is 14.6 Å². The molecule has 240 valence electrons. The number of benzene rings is 2. The molecule has 5 rings (SSSR count). The zero-order valence-corrected chi connectivity index (χ0v) is 27.2. The van der Waals surface area contributed by atoms with Gasteiger partial charge in [-0.15, -0.1) is 0 Å². The topological polar surface area (TPSA) is 158 Å². The average Bonchev–Trinajstić information content (AvgIpc) is 3.65. The van der Waals surface area contributed by atoms with E-state index in [0.29, 0.717) is 30.7 Å². The van der Waals surface area contributed by atoms with E-state index in [2.05, 4.69) is 26.0 Å². The molecule has 1 aromatic heterocycles. The van der Waals surface area contributed by atoms with Gasteiger partial charge in [-0.05, 0) is 53.7 Å². The normalized spacial score (nSPS) is 22.3. The molecule has 1 unspecified atom stereocenters. The number of aromatic amines is 1. The summed E-state index contributed by atoms with van der Waals surface area (Å²) in [6, 6.07) is 15.3. The Bertz CT molecular complexity index is 1680. The smallest absolute Gasteiger partial charge is 0.459 e. The summed E-state index contributed by atoms with van der Waals surface area (Å²) >= 11 is 9.12.